The van der Waals surface area contributed by atoms with Gasteiger partial charge in [-0.3, -0.25) is 9.59 Å². The smallest absolute Gasteiger partial charge is 0.303 e. The summed E-state index contributed by atoms with van der Waals surface area (Å²) in [4.78, 5) is 26.2. The van der Waals surface area contributed by atoms with Crippen LogP contribution in [0.5, 0.6) is 5.75 Å². The van der Waals surface area contributed by atoms with Gasteiger partial charge in [-0.1, -0.05) is 24.3 Å². The summed E-state index contributed by atoms with van der Waals surface area (Å²) in [6, 6.07) is 7.50. The zero-order chi connectivity index (χ0) is 27.0. The van der Waals surface area contributed by atoms with Crippen molar-refractivity contribution < 1.29 is 33.7 Å². The van der Waals surface area contributed by atoms with Gasteiger partial charge in [0.25, 0.3) is 0 Å². The van der Waals surface area contributed by atoms with Gasteiger partial charge in [0, 0.05) is 12.6 Å². The Morgan fingerprint density at radius 3 is 2.30 bits per heavy atom. The molecular formula is C26H23F2NO4. The molecule has 1 aliphatic heterocycles. The van der Waals surface area contributed by atoms with E-state index in [0.29, 0.717) is 11.1 Å². The molecule has 0 aliphatic carbocycles. The van der Waals surface area contributed by atoms with Crippen molar-refractivity contribution in [3.05, 3.63) is 95.5 Å². The van der Waals surface area contributed by atoms with Crippen LogP contribution in [0.3, 0.4) is 0 Å². The third kappa shape index (κ3) is 4.87. The number of halogens is 2. The van der Waals surface area contributed by atoms with E-state index in [2.05, 4.69) is 0 Å². The molecule has 1 amide bonds. The maximum atomic E-state index is 14.1. The minimum atomic E-state index is -1.31. The van der Waals surface area contributed by atoms with E-state index < -0.39 is 65.7 Å². The van der Waals surface area contributed by atoms with Gasteiger partial charge in [0.05, 0.1) is 17.4 Å². The van der Waals surface area contributed by atoms with Gasteiger partial charge in [-0.05, 0) is 72.4 Å². The van der Waals surface area contributed by atoms with E-state index in [1.165, 1.54) is 43.3 Å². The van der Waals surface area contributed by atoms with Crippen molar-refractivity contribution in [3.8, 4) is 5.75 Å². The van der Waals surface area contributed by atoms with E-state index in [1.54, 1.807) is 12.1 Å². The van der Waals surface area contributed by atoms with E-state index in [4.69, 9.17) is 10.2 Å². The van der Waals surface area contributed by atoms with Crippen LogP contribution >= 0.6 is 0 Å². The number of β-lactam (4-membered cyclic amide) rings is 1. The second-order valence-corrected chi connectivity index (χ2v) is 7.74. The van der Waals surface area contributed by atoms with Crippen LogP contribution < -0.4 is 4.90 Å². The third-order valence-electron chi connectivity index (χ3n) is 5.56. The first-order valence-corrected chi connectivity index (χ1v) is 10.3. The topological polar surface area (TPSA) is 66.8 Å². The predicted molar refractivity (Wildman–Crippen MR) is 118 cm³/mol. The van der Waals surface area contributed by atoms with Crippen molar-refractivity contribution in [2.75, 3.05) is 4.90 Å². The highest BCUT2D eigenvalue weighted by molar-refractivity contribution is 6.03. The SMILES string of the molecule is [2H]c1c([2H])c(N2C(=O)[C@H](CC[C@@H](OC(C)=O)c3ccc(F)cc3)[C@H]2c2ccc(O)cc2)c([2H])c([2H])c1F. The molecule has 33 heavy (non-hydrogen) atoms. The minimum Gasteiger partial charge on any atom is -0.508 e. The number of benzene rings is 3. The van der Waals surface area contributed by atoms with E-state index in [9.17, 15) is 23.5 Å². The summed E-state index contributed by atoms with van der Waals surface area (Å²) >= 11 is 0. The van der Waals surface area contributed by atoms with Gasteiger partial charge in [-0.2, -0.15) is 0 Å². The number of phenols is 1. The van der Waals surface area contributed by atoms with Gasteiger partial charge >= 0.3 is 5.97 Å². The van der Waals surface area contributed by atoms with Crippen LogP contribution in [0.15, 0.2) is 72.7 Å². The van der Waals surface area contributed by atoms with Crippen LogP contribution in [0.25, 0.3) is 0 Å². The van der Waals surface area contributed by atoms with Crippen molar-refractivity contribution in [2.24, 2.45) is 5.92 Å². The Morgan fingerprint density at radius 2 is 1.70 bits per heavy atom. The minimum absolute atomic E-state index is 0.0187. The first kappa shape index (κ1) is 17.8. The van der Waals surface area contributed by atoms with Gasteiger partial charge < -0.3 is 14.7 Å². The van der Waals surface area contributed by atoms with Crippen molar-refractivity contribution >= 4 is 17.6 Å². The van der Waals surface area contributed by atoms with Crippen LogP contribution in [-0.2, 0) is 14.3 Å². The normalized spacial score (nSPS) is 20.2. The lowest BCUT2D eigenvalue weighted by molar-refractivity contribution is -0.147. The number of esters is 1. The molecular weight excluding hydrogens is 428 g/mol. The first-order chi connectivity index (χ1) is 17.5. The fourth-order valence-corrected chi connectivity index (χ4v) is 4.05. The molecule has 1 N–H and O–H groups in total. The Morgan fingerprint density at radius 1 is 1.06 bits per heavy atom. The van der Waals surface area contributed by atoms with Gasteiger partial charge in [0.1, 0.15) is 23.5 Å². The van der Waals surface area contributed by atoms with Crippen LogP contribution in [0.2, 0.25) is 0 Å². The molecule has 0 aromatic heterocycles. The van der Waals surface area contributed by atoms with Crippen LogP contribution in [0.1, 0.15) is 48.5 Å². The molecule has 0 bridgehead atoms. The van der Waals surface area contributed by atoms with E-state index in [0.717, 1.165) is 4.90 Å². The number of carbonyl (C=O) groups excluding carboxylic acids is 2. The molecule has 170 valence electrons. The van der Waals surface area contributed by atoms with Gasteiger partial charge in [0.15, 0.2) is 0 Å². The fourth-order valence-electron chi connectivity index (χ4n) is 4.05. The summed E-state index contributed by atoms with van der Waals surface area (Å²) in [5, 5.41) is 9.72. The van der Waals surface area contributed by atoms with E-state index in [1.807, 2.05) is 0 Å². The molecule has 1 aliphatic rings. The molecule has 1 heterocycles. The summed E-state index contributed by atoms with van der Waals surface area (Å²) in [5.74, 6) is -3.56. The molecule has 0 spiro atoms. The Kier molecular flexibility index (Phi) is 5.06. The number of phenolic OH excluding ortho intramolecular Hbond substituents is 1. The highest BCUT2D eigenvalue weighted by Gasteiger charge is 2.48. The lowest BCUT2D eigenvalue weighted by Crippen LogP contribution is -2.55. The number of anilines is 1. The molecule has 0 unspecified atom stereocenters. The summed E-state index contributed by atoms with van der Waals surface area (Å²) in [5.41, 5.74) is 0.750. The number of rotatable bonds is 7. The number of amides is 1. The lowest BCUT2D eigenvalue weighted by Gasteiger charge is -2.48. The van der Waals surface area contributed by atoms with Gasteiger partial charge in [-0.15, -0.1) is 0 Å². The Bertz CT molecular complexity index is 1320. The molecule has 5 nitrogen and oxygen atoms in total. The molecule has 3 aromatic rings. The van der Waals surface area contributed by atoms with Crippen molar-refractivity contribution in [3.63, 3.8) is 0 Å². The monoisotopic (exact) mass is 455 g/mol. The molecule has 1 fully saturated rings. The molecule has 7 heteroatoms. The van der Waals surface area contributed by atoms with Crippen LogP contribution in [0.4, 0.5) is 14.5 Å². The summed E-state index contributed by atoms with van der Waals surface area (Å²) in [7, 11) is 0. The zero-order valence-corrected chi connectivity index (χ0v) is 17.6. The highest BCUT2D eigenvalue weighted by Crippen LogP contribution is 2.46. The van der Waals surface area contributed by atoms with E-state index >= 15 is 0 Å². The third-order valence-corrected chi connectivity index (χ3v) is 5.56. The predicted octanol–water partition coefficient (Wildman–Crippen LogP) is 5.46. The van der Waals surface area contributed by atoms with Crippen LogP contribution in [0, 0.1) is 17.6 Å². The van der Waals surface area contributed by atoms with Gasteiger partial charge in [-0.25, -0.2) is 8.78 Å². The second-order valence-electron chi connectivity index (χ2n) is 7.74. The maximum absolute atomic E-state index is 14.1. The average Bonchev–Trinajstić information content (AvgIpc) is 2.87. The summed E-state index contributed by atoms with van der Waals surface area (Å²) in [6.45, 7) is 1.24. The van der Waals surface area contributed by atoms with Crippen LogP contribution in [-0.4, -0.2) is 17.0 Å². The van der Waals surface area contributed by atoms with Crippen molar-refractivity contribution in [1.82, 2.24) is 0 Å². The zero-order valence-electron chi connectivity index (χ0n) is 21.6. The number of hydrogen-bond acceptors (Lipinski definition) is 4. The van der Waals surface area contributed by atoms with Gasteiger partial charge in [0.2, 0.25) is 5.91 Å². The molecule has 4 rings (SSSR count). The Hall–Kier alpha value is -3.74. The summed E-state index contributed by atoms with van der Waals surface area (Å²) in [6.07, 6.45) is -0.369. The second kappa shape index (κ2) is 9.40. The maximum Gasteiger partial charge on any atom is 0.303 e. The molecule has 0 radical (unpaired) electrons. The number of aromatic hydroxyl groups is 1. The molecule has 3 atom stereocenters. The number of carbonyl (C=O) groups is 2. The standard InChI is InChI=1S/C26H23F2NO4/c1-16(30)33-24(17-2-6-19(27)7-3-17)15-14-23-25(18-4-12-22(31)13-5-18)29(26(23)32)21-10-8-20(28)9-11-21/h2-13,23-25,31H,14-15H2,1H3/t23-,24-,25-/m1/s1/i8D,9D,10D,11D. The molecule has 0 saturated carbocycles. The largest absolute Gasteiger partial charge is 0.508 e. The quantitative estimate of drug-likeness (QED) is 0.380. The van der Waals surface area contributed by atoms with Crippen molar-refractivity contribution in [1.29, 1.82) is 0 Å². The molecule has 3 aromatic carbocycles. The number of nitrogens with zero attached hydrogens (tertiary/aromatic N) is 1. The Labute approximate surface area is 195 Å². The average molecular weight is 455 g/mol. The van der Waals surface area contributed by atoms with Crippen molar-refractivity contribution in [2.45, 2.75) is 31.9 Å². The summed E-state index contributed by atoms with van der Waals surface area (Å²) < 4.78 is 65.0. The highest BCUT2D eigenvalue weighted by atomic mass is 19.1. The number of hydrogen-bond donors (Lipinski definition) is 1. The first-order valence-electron chi connectivity index (χ1n) is 12.3. The van der Waals surface area contributed by atoms with E-state index in [-0.39, 0.29) is 24.3 Å². The lowest BCUT2D eigenvalue weighted by atomic mass is 9.78. The Balaban J connectivity index is 1.69. The fraction of sp³-hybridized carbons (Fsp3) is 0.231. The molecule has 1 saturated heterocycles. The number of ether oxygens (including phenoxy) is 1.